The Hall–Kier alpha value is -3.02. The Bertz CT molecular complexity index is 1080. The molecule has 0 fully saturated rings. The molecule has 2 amide bonds. The molecule has 2 N–H and O–H groups in total. The van der Waals surface area contributed by atoms with E-state index in [4.69, 9.17) is 27.9 Å². The normalized spacial score (nSPS) is 10.3. The Morgan fingerprint density at radius 1 is 0.862 bits per heavy atom. The molecular weight excluding hydrogens is 411 g/mol. The zero-order chi connectivity index (χ0) is 21.0. The van der Waals surface area contributed by atoms with Crippen molar-refractivity contribution < 1.29 is 14.3 Å². The van der Waals surface area contributed by atoms with E-state index in [9.17, 15) is 9.59 Å². The minimum absolute atomic E-state index is 0.295. The van der Waals surface area contributed by atoms with Gasteiger partial charge in [0.05, 0.1) is 23.5 Å². The number of ether oxygens (including phenoxy) is 1. The predicted octanol–water partition coefficient (Wildman–Crippen LogP) is 5.82. The molecule has 0 aliphatic heterocycles. The highest BCUT2D eigenvalue weighted by Gasteiger charge is 2.15. The number of rotatable bonds is 5. The Kier molecular flexibility index (Phi) is 6.42. The molecule has 0 atom stereocenters. The topological polar surface area (TPSA) is 67.4 Å². The van der Waals surface area contributed by atoms with Crippen molar-refractivity contribution >= 4 is 46.4 Å². The number of methoxy groups -OCH3 is 1. The van der Waals surface area contributed by atoms with Crippen LogP contribution in [0.5, 0.6) is 5.75 Å². The Balaban J connectivity index is 1.86. The highest BCUT2D eigenvalue weighted by Crippen LogP contribution is 2.29. The average Bonchev–Trinajstić information content (AvgIpc) is 2.71. The molecule has 0 saturated carbocycles. The largest absolute Gasteiger partial charge is 0.495 e. The maximum atomic E-state index is 12.7. The molecule has 3 rings (SSSR count). The third-order valence-electron chi connectivity index (χ3n) is 4.28. The lowest BCUT2D eigenvalue weighted by atomic mass is 10.1. The van der Waals surface area contributed by atoms with Crippen LogP contribution in [0.4, 0.5) is 11.4 Å². The maximum absolute atomic E-state index is 12.7. The molecule has 0 radical (unpaired) electrons. The van der Waals surface area contributed by atoms with Crippen LogP contribution in [-0.4, -0.2) is 18.9 Å². The zero-order valence-electron chi connectivity index (χ0n) is 15.8. The summed E-state index contributed by atoms with van der Waals surface area (Å²) in [6, 6.07) is 16.8. The van der Waals surface area contributed by atoms with Gasteiger partial charge in [-0.1, -0.05) is 41.4 Å². The summed E-state index contributed by atoms with van der Waals surface area (Å²) in [5.41, 5.74) is 2.47. The van der Waals surface area contributed by atoms with Crippen LogP contribution in [0, 0.1) is 6.92 Å². The first kappa shape index (κ1) is 20.7. The lowest BCUT2D eigenvalue weighted by molar-refractivity contribution is 0.101. The van der Waals surface area contributed by atoms with E-state index in [1.807, 2.05) is 19.1 Å². The van der Waals surface area contributed by atoms with Gasteiger partial charge in [0.1, 0.15) is 5.75 Å². The van der Waals surface area contributed by atoms with E-state index in [1.54, 1.807) is 48.5 Å². The van der Waals surface area contributed by atoms with E-state index < -0.39 is 5.91 Å². The van der Waals surface area contributed by atoms with Gasteiger partial charge in [0, 0.05) is 16.1 Å². The van der Waals surface area contributed by atoms with Gasteiger partial charge in [0.15, 0.2) is 0 Å². The molecule has 0 heterocycles. The number of amides is 2. The summed E-state index contributed by atoms with van der Waals surface area (Å²) < 4.78 is 5.32. The molecule has 0 aliphatic rings. The molecule has 0 bridgehead atoms. The molecule has 0 spiro atoms. The van der Waals surface area contributed by atoms with Crippen molar-refractivity contribution in [2.45, 2.75) is 6.92 Å². The third-order valence-corrected chi connectivity index (χ3v) is 4.84. The van der Waals surface area contributed by atoms with Crippen LogP contribution >= 0.6 is 23.2 Å². The fourth-order valence-corrected chi connectivity index (χ4v) is 3.09. The van der Waals surface area contributed by atoms with Crippen molar-refractivity contribution in [1.82, 2.24) is 0 Å². The van der Waals surface area contributed by atoms with Crippen LogP contribution in [-0.2, 0) is 0 Å². The minimum Gasteiger partial charge on any atom is -0.495 e. The van der Waals surface area contributed by atoms with Crippen molar-refractivity contribution in [2.75, 3.05) is 17.7 Å². The monoisotopic (exact) mass is 428 g/mol. The van der Waals surface area contributed by atoms with Gasteiger partial charge < -0.3 is 15.4 Å². The van der Waals surface area contributed by atoms with E-state index in [2.05, 4.69) is 10.6 Å². The van der Waals surface area contributed by atoms with Crippen LogP contribution in [0.1, 0.15) is 26.3 Å². The Morgan fingerprint density at radius 3 is 2.31 bits per heavy atom. The second-order valence-corrected chi connectivity index (χ2v) is 7.11. The molecule has 0 saturated heterocycles. The lowest BCUT2D eigenvalue weighted by Crippen LogP contribution is -2.16. The predicted molar refractivity (Wildman–Crippen MR) is 117 cm³/mol. The molecule has 7 heteroatoms. The van der Waals surface area contributed by atoms with E-state index in [0.29, 0.717) is 38.3 Å². The van der Waals surface area contributed by atoms with Crippen molar-refractivity contribution in [2.24, 2.45) is 0 Å². The van der Waals surface area contributed by atoms with Crippen LogP contribution in [0.2, 0.25) is 10.0 Å². The first-order valence-corrected chi connectivity index (χ1v) is 9.46. The van der Waals surface area contributed by atoms with Gasteiger partial charge >= 0.3 is 0 Å². The summed E-state index contributed by atoms with van der Waals surface area (Å²) in [6.45, 7) is 1.85. The van der Waals surface area contributed by atoms with Crippen molar-refractivity contribution in [3.05, 3.63) is 87.4 Å². The van der Waals surface area contributed by atoms with Crippen LogP contribution in [0.3, 0.4) is 0 Å². The molecule has 3 aromatic rings. The second-order valence-electron chi connectivity index (χ2n) is 6.26. The van der Waals surface area contributed by atoms with Gasteiger partial charge in [-0.2, -0.15) is 0 Å². The summed E-state index contributed by atoms with van der Waals surface area (Å²) in [7, 11) is 1.49. The zero-order valence-corrected chi connectivity index (χ0v) is 17.3. The van der Waals surface area contributed by atoms with Gasteiger partial charge in [-0.15, -0.1) is 0 Å². The van der Waals surface area contributed by atoms with E-state index in [1.165, 1.54) is 7.11 Å². The molecule has 29 heavy (non-hydrogen) atoms. The average molecular weight is 429 g/mol. The number of hydrogen-bond donors (Lipinski definition) is 2. The van der Waals surface area contributed by atoms with Gasteiger partial charge in [-0.3, -0.25) is 9.59 Å². The first-order valence-electron chi connectivity index (χ1n) is 8.70. The third kappa shape index (κ3) is 4.88. The first-order chi connectivity index (χ1) is 13.9. The minimum atomic E-state index is -0.400. The number of carbonyl (C=O) groups excluding carboxylic acids is 2. The maximum Gasteiger partial charge on any atom is 0.256 e. The van der Waals surface area contributed by atoms with E-state index >= 15 is 0 Å². The molecule has 0 unspecified atom stereocenters. The van der Waals surface area contributed by atoms with Crippen molar-refractivity contribution in [3.63, 3.8) is 0 Å². The molecule has 0 aromatic heterocycles. The molecule has 148 valence electrons. The number of carbonyl (C=O) groups is 2. The van der Waals surface area contributed by atoms with Gasteiger partial charge in [0.2, 0.25) is 0 Å². The Morgan fingerprint density at radius 2 is 1.59 bits per heavy atom. The standard InChI is InChI=1S/C22H18Cl2N2O3/c1-13-5-3-4-6-16(13)22(28)26-19-11-14(7-10-20(19)29-2)21(27)25-18-12-15(23)8-9-17(18)24/h3-12H,1-2H3,(H,25,27)(H,26,28). The van der Waals surface area contributed by atoms with E-state index in [-0.39, 0.29) is 5.91 Å². The quantitative estimate of drug-likeness (QED) is 0.538. The number of hydrogen-bond acceptors (Lipinski definition) is 3. The summed E-state index contributed by atoms with van der Waals surface area (Å²) in [5.74, 6) is -0.260. The molecule has 5 nitrogen and oxygen atoms in total. The Labute approximate surface area is 178 Å². The van der Waals surface area contributed by atoms with Crippen molar-refractivity contribution in [3.8, 4) is 5.75 Å². The summed E-state index contributed by atoms with van der Waals surface area (Å²) >= 11 is 12.1. The van der Waals surface area contributed by atoms with Gasteiger partial charge in [-0.25, -0.2) is 0 Å². The molecular formula is C22H18Cl2N2O3. The number of nitrogens with one attached hydrogen (secondary N) is 2. The SMILES string of the molecule is COc1ccc(C(=O)Nc2cc(Cl)ccc2Cl)cc1NC(=O)c1ccccc1C. The number of aryl methyl sites for hydroxylation is 1. The molecule has 3 aromatic carbocycles. The van der Waals surface area contributed by atoms with Crippen molar-refractivity contribution in [1.29, 1.82) is 0 Å². The summed E-state index contributed by atoms with van der Waals surface area (Å²) in [6.07, 6.45) is 0. The van der Waals surface area contributed by atoms with Crippen LogP contribution in [0.15, 0.2) is 60.7 Å². The second kappa shape index (κ2) is 8.99. The highest BCUT2D eigenvalue weighted by molar-refractivity contribution is 6.35. The molecule has 0 aliphatic carbocycles. The van der Waals surface area contributed by atoms with Crippen LogP contribution < -0.4 is 15.4 Å². The number of halogens is 2. The summed E-state index contributed by atoms with van der Waals surface area (Å²) in [5, 5.41) is 6.34. The highest BCUT2D eigenvalue weighted by atomic mass is 35.5. The van der Waals surface area contributed by atoms with Crippen LogP contribution in [0.25, 0.3) is 0 Å². The number of benzene rings is 3. The fourth-order valence-electron chi connectivity index (χ4n) is 2.75. The van der Waals surface area contributed by atoms with Gasteiger partial charge in [-0.05, 0) is 55.0 Å². The number of anilines is 2. The van der Waals surface area contributed by atoms with Gasteiger partial charge in [0.25, 0.3) is 11.8 Å². The fraction of sp³-hybridized carbons (Fsp3) is 0.0909. The smallest absolute Gasteiger partial charge is 0.256 e. The van der Waals surface area contributed by atoms with E-state index in [0.717, 1.165) is 5.56 Å². The lowest BCUT2D eigenvalue weighted by Gasteiger charge is -2.13. The summed E-state index contributed by atoms with van der Waals surface area (Å²) in [4.78, 5) is 25.3.